The molecule has 7 nitrogen and oxygen atoms in total. The number of hydrogen-bond acceptors (Lipinski definition) is 6. The van der Waals surface area contributed by atoms with Crippen LogP contribution in [0.25, 0.3) is 0 Å². The van der Waals surface area contributed by atoms with Crippen molar-refractivity contribution in [3.63, 3.8) is 0 Å². The van der Waals surface area contributed by atoms with Gasteiger partial charge in [0, 0.05) is 18.1 Å². The molecule has 1 amide bonds. The Morgan fingerprint density at radius 3 is 2.73 bits per heavy atom. The van der Waals surface area contributed by atoms with Crippen LogP contribution in [0.4, 0.5) is 0 Å². The second-order valence-corrected chi connectivity index (χ2v) is 7.37. The molecule has 1 unspecified atom stereocenters. The third-order valence-electron chi connectivity index (χ3n) is 4.91. The van der Waals surface area contributed by atoms with Crippen molar-refractivity contribution in [3.05, 3.63) is 28.5 Å². The van der Waals surface area contributed by atoms with E-state index in [4.69, 9.17) is 0 Å². The fourth-order valence-electron chi connectivity index (χ4n) is 3.60. The van der Waals surface area contributed by atoms with Gasteiger partial charge in [-0.25, -0.2) is 9.67 Å². The molecule has 0 aromatic carbocycles. The van der Waals surface area contributed by atoms with Crippen molar-refractivity contribution in [2.75, 3.05) is 19.6 Å². The van der Waals surface area contributed by atoms with Crippen molar-refractivity contribution < 1.29 is 4.79 Å². The third kappa shape index (κ3) is 4.36. The molecule has 2 aliphatic heterocycles. The van der Waals surface area contributed by atoms with E-state index in [1.807, 2.05) is 27.4 Å². The van der Waals surface area contributed by atoms with Crippen LogP contribution in [-0.2, 0) is 0 Å². The first-order chi connectivity index (χ1) is 11.8. The van der Waals surface area contributed by atoms with Gasteiger partial charge in [-0.2, -0.15) is 0 Å². The van der Waals surface area contributed by atoms with Crippen LogP contribution in [0.3, 0.4) is 0 Å². The molecule has 2 saturated heterocycles. The lowest BCUT2D eigenvalue weighted by Crippen LogP contribution is -2.38. The Hall–Kier alpha value is -1.22. The number of nitrogens with one attached hydrogen (secondary N) is 1. The Morgan fingerprint density at radius 1 is 1.19 bits per heavy atom. The van der Waals surface area contributed by atoms with Gasteiger partial charge in [0.1, 0.15) is 5.01 Å². The zero-order valence-electron chi connectivity index (χ0n) is 14.4. The molecular formula is C16H24Cl2N6OS. The zero-order valence-corrected chi connectivity index (χ0v) is 16.9. The minimum atomic E-state index is -0.0184. The molecule has 144 valence electrons. The summed E-state index contributed by atoms with van der Waals surface area (Å²) < 4.78 is 1.87. The van der Waals surface area contributed by atoms with E-state index >= 15 is 0 Å². The van der Waals surface area contributed by atoms with E-state index in [1.165, 1.54) is 0 Å². The van der Waals surface area contributed by atoms with Gasteiger partial charge in [0.2, 0.25) is 0 Å². The summed E-state index contributed by atoms with van der Waals surface area (Å²) in [4.78, 5) is 19.3. The van der Waals surface area contributed by atoms with Crippen molar-refractivity contribution in [1.29, 1.82) is 0 Å². The second kappa shape index (κ2) is 9.64. The van der Waals surface area contributed by atoms with Gasteiger partial charge in [0.25, 0.3) is 5.91 Å². The van der Waals surface area contributed by atoms with E-state index in [0.29, 0.717) is 11.7 Å². The van der Waals surface area contributed by atoms with E-state index in [2.05, 4.69) is 20.6 Å². The van der Waals surface area contributed by atoms with Crippen molar-refractivity contribution in [1.82, 2.24) is 30.2 Å². The van der Waals surface area contributed by atoms with Crippen molar-refractivity contribution in [2.24, 2.45) is 0 Å². The van der Waals surface area contributed by atoms with Gasteiger partial charge in [-0.3, -0.25) is 4.79 Å². The van der Waals surface area contributed by atoms with Crippen LogP contribution >= 0.6 is 36.2 Å². The van der Waals surface area contributed by atoms with Gasteiger partial charge in [-0.05, 0) is 45.2 Å². The number of halogens is 2. The monoisotopic (exact) mass is 418 g/mol. The van der Waals surface area contributed by atoms with E-state index in [1.54, 1.807) is 11.3 Å². The summed E-state index contributed by atoms with van der Waals surface area (Å²) in [5.41, 5.74) is 0.456. The van der Waals surface area contributed by atoms with Gasteiger partial charge in [0.05, 0.1) is 18.3 Å². The fourth-order valence-corrected chi connectivity index (χ4v) is 4.39. The van der Waals surface area contributed by atoms with E-state index in [0.717, 1.165) is 56.7 Å². The standard InChI is InChI=1S/C16H22N6OS.2ClH/c23-16(13-11-22(20-19-13)12-4-6-17-7-5-12)21-9-2-1-3-14(21)15-18-8-10-24-15;;/h8,10-12,14,17H,1-7,9H2;2*1H. The molecule has 0 aliphatic carbocycles. The number of likely N-dealkylation sites (tertiary alicyclic amines) is 1. The molecule has 2 aromatic rings. The first-order valence-corrected chi connectivity index (χ1v) is 9.54. The molecule has 0 radical (unpaired) electrons. The van der Waals surface area contributed by atoms with Gasteiger partial charge in [-0.15, -0.1) is 41.2 Å². The molecule has 26 heavy (non-hydrogen) atoms. The van der Waals surface area contributed by atoms with Crippen LogP contribution in [-0.4, -0.2) is 50.4 Å². The Balaban J connectivity index is 0.00000121. The number of aromatic nitrogens is 4. The van der Waals surface area contributed by atoms with Crippen molar-refractivity contribution >= 4 is 42.1 Å². The summed E-state index contributed by atoms with van der Waals surface area (Å²) in [6.45, 7) is 2.75. The number of hydrogen-bond donors (Lipinski definition) is 1. The average Bonchev–Trinajstić information content (AvgIpc) is 3.34. The largest absolute Gasteiger partial charge is 0.328 e. The van der Waals surface area contributed by atoms with Gasteiger partial charge in [-0.1, -0.05) is 5.21 Å². The van der Waals surface area contributed by atoms with Crippen molar-refractivity contribution in [3.8, 4) is 0 Å². The maximum atomic E-state index is 13.0. The second-order valence-electron chi connectivity index (χ2n) is 6.45. The summed E-state index contributed by atoms with van der Waals surface area (Å²) in [7, 11) is 0. The molecule has 1 atom stereocenters. The quantitative estimate of drug-likeness (QED) is 0.828. The minimum absolute atomic E-state index is 0. The smallest absolute Gasteiger partial charge is 0.276 e. The number of carbonyl (C=O) groups is 1. The number of piperidine rings is 2. The highest BCUT2D eigenvalue weighted by atomic mass is 35.5. The maximum Gasteiger partial charge on any atom is 0.276 e. The highest BCUT2D eigenvalue weighted by Gasteiger charge is 2.32. The summed E-state index contributed by atoms with van der Waals surface area (Å²) in [5.74, 6) is -0.0184. The number of carbonyl (C=O) groups excluding carboxylic acids is 1. The van der Waals surface area contributed by atoms with Crippen LogP contribution in [0.5, 0.6) is 0 Å². The number of thiazole rings is 1. The van der Waals surface area contributed by atoms with Crippen LogP contribution in [0, 0.1) is 0 Å². The predicted molar refractivity (Wildman–Crippen MR) is 105 cm³/mol. The summed E-state index contributed by atoms with van der Waals surface area (Å²) in [5, 5.41) is 14.7. The predicted octanol–water partition coefficient (Wildman–Crippen LogP) is 2.87. The molecule has 2 fully saturated rings. The van der Waals surface area contributed by atoms with Gasteiger partial charge in [0.15, 0.2) is 5.69 Å². The lowest BCUT2D eigenvalue weighted by Gasteiger charge is -2.33. The number of rotatable bonds is 3. The zero-order chi connectivity index (χ0) is 16.4. The Kier molecular flexibility index (Phi) is 7.82. The first kappa shape index (κ1) is 21.1. The van der Waals surface area contributed by atoms with Crippen molar-refractivity contribution in [2.45, 2.75) is 44.2 Å². The highest BCUT2D eigenvalue weighted by molar-refractivity contribution is 7.09. The van der Waals surface area contributed by atoms with Crippen LogP contribution in [0.1, 0.15) is 59.7 Å². The summed E-state index contributed by atoms with van der Waals surface area (Å²) >= 11 is 1.62. The fraction of sp³-hybridized carbons (Fsp3) is 0.625. The Bertz CT molecular complexity index is 689. The SMILES string of the molecule is Cl.Cl.O=C(c1cn(C2CCNCC2)nn1)N1CCCCC1c1nccs1. The van der Waals surface area contributed by atoms with E-state index in [-0.39, 0.29) is 36.8 Å². The summed E-state index contributed by atoms with van der Waals surface area (Å²) in [6, 6.07) is 0.423. The van der Waals surface area contributed by atoms with Gasteiger partial charge < -0.3 is 10.2 Å². The topological polar surface area (TPSA) is 75.9 Å². The van der Waals surface area contributed by atoms with Crippen LogP contribution < -0.4 is 5.32 Å². The summed E-state index contributed by atoms with van der Waals surface area (Å²) in [6.07, 6.45) is 8.84. The molecule has 2 aromatic heterocycles. The normalized spacial score (nSPS) is 20.9. The first-order valence-electron chi connectivity index (χ1n) is 8.66. The number of amides is 1. The maximum absolute atomic E-state index is 13.0. The highest BCUT2D eigenvalue weighted by Crippen LogP contribution is 2.33. The molecule has 2 aliphatic rings. The molecule has 4 rings (SSSR count). The molecule has 10 heteroatoms. The minimum Gasteiger partial charge on any atom is -0.328 e. The Labute approximate surface area is 169 Å². The molecule has 1 N–H and O–H groups in total. The molecular weight excluding hydrogens is 395 g/mol. The van der Waals surface area contributed by atoms with Gasteiger partial charge >= 0.3 is 0 Å². The number of nitrogens with zero attached hydrogens (tertiary/aromatic N) is 5. The lowest BCUT2D eigenvalue weighted by atomic mass is 10.0. The molecule has 4 heterocycles. The third-order valence-corrected chi connectivity index (χ3v) is 5.79. The lowest BCUT2D eigenvalue weighted by molar-refractivity contribution is 0.0605. The average molecular weight is 419 g/mol. The Morgan fingerprint density at radius 2 is 2.00 bits per heavy atom. The molecule has 0 spiro atoms. The van der Waals surface area contributed by atoms with Crippen LogP contribution in [0.15, 0.2) is 17.8 Å². The van der Waals surface area contributed by atoms with E-state index in [9.17, 15) is 4.79 Å². The molecule has 0 saturated carbocycles. The molecule has 0 bridgehead atoms. The van der Waals surface area contributed by atoms with E-state index < -0.39 is 0 Å². The van der Waals surface area contributed by atoms with Crippen LogP contribution in [0.2, 0.25) is 0 Å².